The number of ether oxygens (including phenoxy) is 1. The molecule has 2 aromatic carbocycles. The molecule has 0 unspecified atom stereocenters. The first-order valence-corrected chi connectivity index (χ1v) is 8.63. The molecule has 1 N–H and O–H groups in total. The number of benzene rings is 2. The minimum absolute atomic E-state index is 0.0994. The summed E-state index contributed by atoms with van der Waals surface area (Å²) in [6.07, 6.45) is 1.56. The Hall–Kier alpha value is -2.79. The third-order valence-corrected chi connectivity index (χ3v) is 4.51. The number of methoxy groups -OCH3 is 1. The fourth-order valence-electron chi connectivity index (χ4n) is 2.79. The molecule has 0 spiro atoms. The van der Waals surface area contributed by atoms with Crippen LogP contribution in [0.25, 0.3) is 5.69 Å². The maximum atomic E-state index is 12.6. The first-order chi connectivity index (χ1) is 12.5. The zero-order chi connectivity index (χ0) is 18.7. The first-order valence-electron chi connectivity index (χ1n) is 8.25. The van der Waals surface area contributed by atoms with Gasteiger partial charge in [-0.25, -0.2) is 0 Å². The van der Waals surface area contributed by atoms with Gasteiger partial charge in [-0.3, -0.25) is 4.79 Å². The fraction of sp³-hybridized carbons (Fsp3) is 0.200. The summed E-state index contributed by atoms with van der Waals surface area (Å²) < 4.78 is 6.72. The predicted octanol–water partition coefficient (Wildman–Crippen LogP) is 4.38. The summed E-state index contributed by atoms with van der Waals surface area (Å²) >= 11 is 6.32. The second-order valence-corrected chi connectivity index (χ2v) is 6.41. The third-order valence-electron chi connectivity index (χ3n) is 4.14. The monoisotopic (exact) mass is 369 g/mol. The summed E-state index contributed by atoms with van der Waals surface area (Å²) in [6, 6.07) is 15.0. The Bertz CT molecular complexity index is 971. The van der Waals surface area contributed by atoms with Gasteiger partial charge in [0, 0.05) is 5.56 Å². The Morgan fingerprint density at radius 3 is 2.62 bits per heavy atom. The molecule has 0 aliphatic rings. The van der Waals surface area contributed by atoms with Crippen LogP contribution >= 0.6 is 11.6 Å². The number of para-hydroxylation sites is 1. The molecule has 3 aromatic rings. The van der Waals surface area contributed by atoms with Crippen LogP contribution in [-0.2, 0) is 0 Å². The van der Waals surface area contributed by atoms with Crippen LogP contribution in [0.5, 0.6) is 5.75 Å². The number of aryl methyl sites for hydroxylation is 1. The van der Waals surface area contributed by atoms with Gasteiger partial charge < -0.3 is 10.1 Å². The molecule has 6 heteroatoms. The van der Waals surface area contributed by atoms with Crippen molar-refractivity contribution in [3.63, 3.8) is 0 Å². The average molecular weight is 370 g/mol. The van der Waals surface area contributed by atoms with Gasteiger partial charge in [-0.2, -0.15) is 9.78 Å². The number of nitrogens with zero attached hydrogens (tertiary/aromatic N) is 2. The van der Waals surface area contributed by atoms with Crippen molar-refractivity contribution in [1.29, 1.82) is 0 Å². The number of aromatic nitrogens is 2. The fourth-order valence-corrected chi connectivity index (χ4v) is 2.97. The van der Waals surface area contributed by atoms with E-state index in [0.717, 1.165) is 16.9 Å². The highest BCUT2D eigenvalue weighted by Gasteiger charge is 2.16. The standard InChI is InChI=1S/C20H20ClN3O2/c1-13-9-10-18(26-3)16(11-13)14(2)23-17-12-22-24(20(25)19(17)21)15-7-5-4-6-8-15/h4-12,14,23H,1-3H3/t14-/m1/s1. The van der Waals surface area contributed by atoms with Crippen LogP contribution < -0.4 is 15.6 Å². The molecule has 0 aliphatic heterocycles. The molecule has 0 saturated heterocycles. The smallest absolute Gasteiger partial charge is 0.292 e. The van der Waals surface area contributed by atoms with Crippen molar-refractivity contribution >= 4 is 17.3 Å². The lowest BCUT2D eigenvalue weighted by Crippen LogP contribution is -2.23. The molecule has 0 fully saturated rings. The maximum Gasteiger partial charge on any atom is 0.292 e. The van der Waals surface area contributed by atoms with Crippen LogP contribution in [0.1, 0.15) is 24.1 Å². The molecule has 26 heavy (non-hydrogen) atoms. The van der Waals surface area contributed by atoms with E-state index in [-0.39, 0.29) is 16.6 Å². The lowest BCUT2D eigenvalue weighted by atomic mass is 10.0. The molecular weight excluding hydrogens is 350 g/mol. The van der Waals surface area contributed by atoms with Crippen molar-refractivity contribution in [3.05, 3.63) is 81.2 Å². The first kappa shape index (κ1) is 18.0. The van der Waals surface area contributed by atoms with Crippen LogP contribution in [-0.4, -0.2) is 16.9 Å². The molecule has 1 heterocycles. The van der Waals surface area contributed by atoms with E-state index in [2.05, 4.69) is 10.4 Å². The normalized spacial score (nSPS) is 11.8. The molecule has 0 bridgehead atoms. The molecule has 134 valence electrons. The summed E-state index contributed by atoms with van der Waals surface area (Å²) in [7, 11) is 1.64. The highest BCUT2D eigenvalue weighted by atomic mass is 35.5. The Morgan fingerprint density at radius 1 is 1.19 bits per heavy atom. The Balaban J connectivity index is 1.93. The van der Waals surface area contributed by atoms with E-state index in [1.165, 1.54) is 4.68 Å². The van der Waals surface area contributed by atoms with Crippen LogP contribution in [0.2, 0.25) is 5.02 Å². The molecule has 1 aromatic heterocycles. The van der Waals surface area contributed by atoms with Gasteiger partial charge in [0.2, 0.25) is 0 Å². The van der Waals surface area contributed by atoms with Gasteiger partial charge in [-0.1, -0.05) is 47.5 Å². The molecule has 0 amide bonds. The summed E-state index contributed by atoms with van der Waals surface area (Å²) in [5.74, 6) is 0.775. The topological polar surface area (TPSA) is 56.1 Å². The molecule has 3 rings (SSSR count). The van der Waals surface area contributed by atoms with Crippen molar-refractivity contribution in [2.45, 2.75) is 19.9 Å². The molecular formula is C20H20ClN3O2. The van der Waals surface area contributed by atoms with Crippen LogP contribution in [0.4, 0.5) is 5.69 Å². The van der Waals surface area contributed by atoms with E-state index < -0.39 is 0 Å². The zero-order valence-electron chi connectivity index (χ0n) is 14.9. The Morgan fingerprint density at radius 2 is 1.92 bits per heavy atom. The van der Waals surface area contributed by atoms with E-state index in [0.29, 0.717) is 11.4 Å². The number of hydrogen-bond donors (Lipinski definition) is 1. The lowest BCUT2D eigenvalue weighted by molar-refractivity contribution is 0.408. The average Bonchev–Trinajstić information content (AvgIpc) is 2.66. The summed E-state index contributed by atoms with van der Waals surface area (Å²) in [5.41, 5.74) is 2.89. The number of anilines is 1. The SMILES string of the molecule is COc1ccc(C)cc1[C@@H](C)Nc1cnn(-c2ccccc2)c(=O)c1Cl. The number of rotatable bonds is 5. The van der Waals surface area contributed by atoms with Gasteiger partial charge in [0.05, 0.1) is 30.7 Å². The molecule has 0 saturated carbocycles. The van der Waals surface area contributed by atoms with E-state index in [1.54, 1.807) is 25.4 Å². The Kier molecular flexibility index (Phi) is 5.28. The van der Waals surface area contributed by atoms with Gasteiger partial charge in [0.1, 0.15) is 10.8 Å². The molecule has 1 atom stereocenters. The second kappa shape index (κ2) is 7.62. The number of hydrogen-bond acceptors (Lipinski definition) is 4. The summed E-state index contributed by atoms with van der Waals surface area (Å²) in [5, 5.41) is 7.60. The van der Waals surface area contributed by atoms with Gasteiger partial charge in [-0.15, -0.1) is 0 Å². The van der Waals surface area contributed by atoms with E-state index in [4.69, 9.17) is 16.3 Å². The van der Waals surface area contributed by atoms with Gasteiger partial charge in [0.15, 0.2) is 0 Å². The largest absolute Gasteiger partial charge is 0.496 e. The highest BCUT2D eigenvalue weighted by Crippen LogP contribution is 2.30. The maximum absolute atomic E-state index is 12.6. The second-order valence-electron chi connectivity index (χ2n) is 6.04. The summed E-state index contributed by atoms with van der Waals surface area (Å²) in [4.78, 5) is 12.6. The van der Waals surface area contributed by atoms with E-state index >= 15 is 0 Å². The number of halogens is 1. The van der Waals surface area contributed by atoms with Gasteiger partial charge >= 0.3 is 0 Å². The van der Waals surface area contributed by atoms with Crippen LogP contribution in [0, 0.1) is 6.92 Å². The van der Waals surface area contributed by atoms with E-state index in [1.807, 2.05) is 50.2 Å². The highest BCUT2D eigenvalue weighted by molar-refractivity contribution is 6.33. The van der Waals surface area contributed by atoms with Crippen LogP contribution in [0.15, 0.2) is 59.5 Å². The van der Waals surface area contributed by atoms with Crippen molar-refractivity contribution in [1.82, 2.24) is 9.78 Å². The van der Waals surface area contributed by atoms with Crippen molar-refractivity contribution < 1.29 is 4.74 Å². The molecule has 0 aliphatic carbocycles. The third kappa shape index (κ3) is 3.58. The zero-order valence-corrected chi connectivity index (χ0v) is 15.6. The quantitative estimate of drug-likeness (QED) is 0.725. The number of nitrogens with one attached hydrogen (secondary N) is 1. The van der Waals surface area contributed by atoms with Gasteiger partial charge in [-0.05, 0) is 32.0 Å². The van der Waals surface area contributed by atoms with Crippen molar-refractivity contribution in [3.8, 4) is 11.4 Å². The predicted molar refractivity (Wildman–Crippen MR) is 105 cm³/mol. The minimum Gasteiger partial charge on any atom is -0.496 e. The molecule has 0 radical (unpaired) electrons. The minimum atomic E-state index is -0.369. The van der Waals surface area contributed by atoms with Crippen molar-refractivity contribution in [2.24, 2.45) is 0 Å². The van der Waals surface area contributed by atoms with Crippen LogP contribution in [0.3, 0.4) is 0 Å². The van der Waals surface area contributed by atoms with Crippen molar-refractivity contribution in [2.75, 3.05) is 12.4 Å². The van der Waals surface area contributed by atoms with E-state index in [9.17, 15) is 4.79 Å². The molecule has 5 nitrogen and oxygen atoms in total. The lowest BCUT2D eigenvalue weighted by Gasteiger charge is -2.19. The van der Waals surface area contributed by atoms with Gasteiger partial charge in [0.25, 0.3) is 5.56 Å². The Labute approximate surface area is 157 Å². The summed E-state index contributed by atoms with van der Waals surface area (Å²) in [6.45, 7) is 4.00.